The van der Waals surface area contributed by atoms with Gasteiger partial charge in [-0.3, -0.25) is 0 Å². The molecule has 2 atom stereocenters. The molecular formula is C23H29ClN2O4. The molecule has 162 valence electrons. The Kier molecular flexibility index (Phi) is 8.42. The predicted molar refractivity (Wildman–Crippen MR) is 119 cm³/mol. The molecule has 6 nitrogen and oxygen atoms in total. The fraction of sp³-hybridized carbons (Fsp3) is 0.348. The van der Waals surface area contributed by atoms with Gasteiger partial charge in [-0.1, -0.05) is 55.8 Å². The summed E-state index contributed by atoms with van der Waals surface area (Å²) in [5.41, 5.74) is 1.54. The lowest BCUT2D eigenvalue weighted by Crippen LogP contribution is -2.37. The molecule has 2 aromatic carbocycles. The van der Waals surface area contributed by atoms with E-state index in [4.69, 9.17) is 16.3 Å². The maximum Gasteiger partial charge on any atom is 0.341 e. The summed E-state index contributed by atoms with van der Waals surface area (Å²) < 4.78 is 4.76. The van der Waals surface area contributed by atoms with Crippen molar-refractivity contribution < 1.29 is 19.7 Å². The number of halogens is 1. The molecule has 2 unspecified atom stereocenters. The smallest absolute Gasteiger partial charge is 0.341 e. The molecule has 0 saturated carbocycles. The molecule has 0 fully saturated rings. The van der Waals surface area contributed by atoms with Crippen molar-refractivity contribution in [3.8, 4) is 11.5 Å². The summed E-state index contributed by atoms with van der Waals surface area (Å²) in [6.07, 6.45) is 4.80. The van der Waals surface area contributed by atoms with Gasteiger partial charge in [0.15, 0.2) is 0 Å². The number of phenolic OH excluding ortho intramolecular Hbond substituents is 2. The summed E-state index contributed by atoms with van der Waals surface area (Å²) >= 11 is 6.23. The van der Waals surface area contributed by atoms with E-state index in [1.165, 1.54) is 12.7 Å². The highest BCUT2D eigenvalue weighted by Crippen LogP contribution is 2.38. The van der Waals surface area contributed by atoms with Crippen LogP contribution in [0.5, 0.6) is 11.5 Å². The van der Waals surface area contributed by atoms with Crippen molar-refractivity contribution in [1.29, 1.82) is 0 Å². The van der Waals surface area contributed by atoms with Crippen molar-refractivity contribution in [2.24, 2.45) is 0 Å². The Bertz CT molecular complexity index is 887. The summed E-state index contributed by atoms with van der Waals surface area (Å²) in [5.74, 6) is -1.31. The zero-order valence-electron chi connectivity index (χ0n) is 17.7. The predicted octanol–water partition coefficient (Wildman–Crippen LogP) is 4.96. The van der Waals surface area contributed by atoms with E-state index in [0.717, 1.165) is 6.07 Å². The first kappa shape index (κ1) is 23.4. The summed E-state index contributed by atoms with van der Waals surface area (Å²) in [5, 5.41) is 23.4. The highest BCUT2D eigenvalue weighted by molar-refractivity contribution is 6.33. The minimum absolute atomic E-state index is 0.0149. The summed E-state index contributed by atoms with van der Waals surface area (Å²) in [4.78, 5) is 14.3. The Morgan fingerprint density at radius 3 is 2.53 bits per heavy atom. The minimum Gasteiger partial charge on any atom is -0.507 e. The van der Waals surface area contributed by atoms with Gasteiger partial charge in [0.05, 0.1) is 24.3 Å². The third-order valence-electron chi connectivity index (χ3n) is 5.00. The standard InChI is InChI=1S/C21H23ClN2O4.C2H6/c1-13(14-6-4-3-5-7-14)24-11-10-23-18(24)9-8-15-19(21(27)28-2)16(25)12-17(26)20(15)22;1-2/h3-7,10-13,18,23,25-26H,8-9H2,1-2H3;1-2H3. The van der Waals surface area contributed by atoms with E-state index in [1.807, 2.05) is 44.4 Å². The third kappa shape index (κ3) is 5.00. The molecule has 0 radical (unpaired) electrons. The lowest BCUT2D eigenvalue weighted by Gasteiger charge is -2.32. The van der Waals surface area contributed by atoms with Gasteiger partial charge in [-0.2, -0.15) is 0 Å². The van der Waals surface area contributed by atoms with Crippen LogP contribution in [0.25, 0.3) is 0 Å². The lowest BCUT2D eigenvalue weighted by molar-refractivity contribution is 0.0596. The van der Waals surface area contributed by atoms with E-state index in [-0.39, 0.29) is 34.3 Å². The van der Waals surface area contributed by atoms with Crippen molar-refractivity contribution in [2.45, 2.75) is 45.8 Å². The van der Waals surface area contributed by atoms with E-state index in [1.54, 1.807) is 0 Å². The second-order valence-electron chi connectivity index (χ2n) is 6.64. The Hall–Kier alpha value is -2.86. The number of hydrogen-bond acceptors (Lipinski definition) is 6. The van der Waals surface area contributed by atoms with Crippen molar-refractivity contribution in [2.75, 3.05) is 7.11 Å². The Labute approximate surface area is 182 Å². The van der Waals surface area contributed by atoms with Crippen LogP contribution in [0.1, 0.15) is 54.7 Å². The molecule has 0 aromatic heterocycles. The van der Waals surface area contributed by atoms with E-state index in [2.05, 4.69) is 29.3 Å². The van der Waals surface area contributed by atoms with E-state index >= 15 is 0 Å². The Morgan fingerprint density at radius 1 is 1.23 bits per heavy atom. The fourth-order valence-corrected chi connectivity index (χ4v) is 3.74. The minimum atomic E-state index is -0.693. The molecule has 1 heterocycles. The van der Waals surface area contributed by atoms with Crippen LogP contribution >= 0.6 is 11.6 Å². The number of esters is 1. The second kappa shape index (κ2) is 10.8. The first-order chi connectivity index (χ1) is 14.4. The summed E-state index contributed by atoms with van der Waals surface area (Å²) in [6.45, 7) is 6.12. The summed E-state index contributed by atoms with van der Waals surface area (Å²) in [6, 6.07) is 11.3. The van der Waals surface area contributed by atoms with Crippen molar-refractivity contribution in [3.63, 3.8) is 0 Å². The molecular weight excluding hydrogens is 404 g/mol. The highest BCUT2D eigenvalue weighted by atomic mass is 35.5. The molecule has 0 spiro atoms. The van der Waals surface area contributed by atoms with Crippen LogP contribution in [-0.2, 0) is 11.2 Å². The van der Waals surface area contributed by atoms with Gasteiger partial charge in [0.25, 0.3) is 0 Å². The maximum absolute atomic E-state index is 12.1. The average molecular weight is 433 g/mol. The van der Waals surface area contributed by atoms with Crippen LogP contribution in [0.3, 0.4) is 0 Å². The van der Waals surface area contributed by atoms with Crippen LogP contribution in [0, 0.1) is 0 Å². The van der Waals surface area contributed by atoms with Crippen molar-refractivity contribution in [1.82, 2.24) is 10.2 Å². The topological polar surface area (TPSA) is 82.0 Å². The van der Waals surface area contributed by atoms with E-state index < -0.39 is 5.97 Å². The Morgan fingerprint density at radius 2 is 1.90 bits per heavy atom. The van der Waals surface area contributed by atoms with Gasteiger partial charge in [0.1, 0.15) is 17.1 Å². The SMILES string of the molecule is CC.COC(=O)c1c(O)cc(O)c(Cl)c1CCC1NC=CN1C(C)c1ccccc1. The van der Waals surface area contributed by atoms with Crippen molar-refractivity contribution >= 4 is 17.6 Å². The second-order valence-corrected chi connectivity index (χ2v) is 7.02. The molecule has 1 aliphatic rings. The monoisotopic (exact) mass is 432 g/mol. The molecule has 1 aliphatic heterocycles. The quantitative estimate of drug-likeness (QED) is 0.559. The largest absolute Gasteiger partial charge is 0.507 e. The van der Waals surface area contributed by atoms with Crippen molar-refractivity contribution in [3.05, 3.63) is 70.5 Å². The van der Waals surface area contributed by atoms with Gasteiger partial charge >= 0.3 is 5.97 Å². The van der Waals surface area contributed by atoms with E-state index in [0.29, 0.717) is 18.4 Å². The number of aromatic hydroxyl groups is 2. The lowest BCUT2D eigenvalue weighted by atomic mass is 9.99. The molecule has 3 N–H and O–H groups in total. The van der Waals surface area contributed by atoms with Gasteiger partial charge in [-0.05, 0) is 30.9 Å². The van der Waals surface area contributed by atoms with Crippen LogP contribution in [0.15, 0.2) is 48.8 Å². The first-order valence-corrected chi connectivity index (χ1v) is 10.4. The number of rotatable bonds is 6. The molecule has 7 heteroatoms. The number of nitrogens with zero attached hydrogens (tertiary/aromatic N) is 1. The van der Waals surface area contributed by atoms with Crippen LogP contribution in [0.4, 0.5) is 0 Å². The van der Waals surface area contributed by atoms with Gasteiger partial charge in [0, 0.05) is 18.5 Å². The number of ether oxygens (including phenoxy) is 1. The molecule has 3 rings (SSSR count). The first-order valence-electron chi connectivity index (χ1n) is 10.0. The highest BCUT2D eigenvalue weighted by Gasteiger charge is 2.27. The molecule has 0 bridgehead atoms. The number of carbonyl (C=O) groups is 1. The van der Waals surface area contributed by atoms with Crippen LogP contribution in [0.2, 0.25) is 5.02 Å². The van der Waals surface area contributed by atoms with E-state index in [9.17, 15) is 15.0 Å². The van der Waals surface area contributed by atoms with Gasteiger partial charge in [-0.25, -0.2) is 4.79 Å². The third-order valence-corrected chi connectivity index (χ3v) is 5.42. The number of methoxy groups -OCH3 is 1. The van der Waals surface area contributed by atoms with Gasteiger partial charge in [0.2, 0.25) is 0 Å². The number of benzene rings is 2. The zero-order valence-corrected chi connectivity index (χ0v) is 18.5. The van der Waals surface area contributed by atoms with Gasteiger partial charge in [-0.15, -0.1) is 0 Å². The summed E-state index contributed by atoms with van der Waals surface area (Å²) in [7, 11) is 1.23. The zero-order chi connectivity index (χ0) is 22.3. The Balaban J connectivity index is 0.00000155. The number of hydrogen-bond donors (Lipinski definition) is 3. The van der Waals surface area contributed by atoms with Crippen LogP contribution in [-0.4, -0.2) is 34.4 Å². The molecule has 0 amide bonds. The van der Waals surface area contributed by atoms with Gasteiger partial charge < -0.3 is 25.2 Å². The number of carbonyl (C=O) groups excluding carboxylic acids is 1. The normalized spacial score (nSPS) is 15.8. The molecule has 0 saturated heterocycles. The number of phenols is 2. The molecule has 0 aliphatic carbocycles. The number of nitrogens with one attached hydrogen (secondary N) is 1. The average Bonchev–Trinajstić information content (AvgIpc) is 3.24. The molecule has 30 heavy (non-hydrogen) atoms. The molecule has 2 aromatic rings. The maximum atomic E-state index is 12.1. The fourth-order valence-electron chi connectivity index (χ4n) is 3.49. The van der Waals surface area contributed by atoms with Crippen LogP contribution < -0.4 is 5.32 Å².